The summed E-state index contributed by atoms with van der Waals surface area (Å²) in [6, 6.07) is 0.569. The monoisotopic (exact) mass is 248 g/mol. The lowest BCUT2D eigenvalue weighted by Gasteiger charge is -2.28. The Balaban J connectivity index is 2.27. The Morgan fingerprint density at radius 2 is 2.11 bits per heavy atom. The Labute approximate surface area is 110 Å². The minimum Gasteiger partial charge on any atom is -0.370 e. The van der Waals surface area contributed by atoms with Gasteiger partial charge in [-0.1, -0.05) is 6.92 Å². The fourth-order valence-electron chi connectivity index (χ4n) is 2.44. The molecule has 0 radical (unpaired) electrons. The number of nitrogens with zero attached hydrogens (tertiary/aromatic N) is 3. The van der Waals surface area contributed by atoms with Gasteiger partial charge in [-0.2, -0.15) is 0 Å². The predicted octanol–water partition coefficient (Wildman–Crippen LogP) is 2.71. The second-order valence-corrected chi connectivity index (χ2v) is 5.10. The predicted molar refractivity (Wildman–Crippen MR) is 76.2 cm³/mol. The summed E-state index contributed by atoms with van der Waals surface area (Å²) in [6.45, 7) is 7.45. The topological polar surface area (TPSA) is 41.1 Å². The highest BCUT2D eigenvalue weighted by Crippen LogP contribution is 2.37. The number of aromatic nitrogens is 2. The fraction of sp³-hybridized carbons (Fsp3) is 0.714. The molecule has 1 aliphatic rings. The van der Waals surface area contributed by atoms with Crippen LogP contribution in [0.3, 0.4) is 0 Å². The van der Waals surface area contributed by atoms with Crippen molar-refractivity contribution in [3.05, 3.63) is 11.9 Å². The standard InChI is InChI=1S/C14H24N4/c1-5-12-13(15-6-2)16-9-17-14(12)18(4)10(3)11-7-8-11/h9-11H,5-8H2,1-4H3,(H,15,16,17). The Morgan fingerprint density at radius 3 is 2.67 bits per heavy atom. The molecule has 0 amide bonds. The molecule has 4 heteroatoms. The first-order valence-electron chi connectivity index (χ1n) is 6.99. The molecule has 0 spiro atoms. The van der Waals surface area contributed by atoms with Gasteiger partial charge in [0, 0.05) is 25.2 Å². The fourth-order valence-corrected chi connectivity index (χ4v) is 2.44. The van der Waals surface area contributed by atoms with E-state index in [-0.39, 0.29) is 0 Å². The minimum atomic E-state index is 0.569. The largest absolute Gasteiger partial charge is 0.370 e. The highest BCUT2D eigenvalue weighted by atomic mass is 15.2. The molecule has 1 saturated carbocycles. The van der Waals surface area contributed by atoms with Gasteiger partial charge in [-0.15, -0.1) is 0 Å². The van der Waals surface area contributed by atoms with E-state index < -0.39 is 0 Å². The summed E-state index contributed by atoms with van der Waals surface area (Å²) >= 11 is 0. The summed E-state index contributed by atoms with van der Waals surface area (Å²) in [4.78, 5) is 11.2. The number of hydrogen-bond donors (Lipinski definition) is 1. The smallest absolute Gasteiger partial charge is 0.137 e. The molecule has 1 atom stereocenters. The lowest BCUT2D eigenvalue weighted by molar-refractivity contribution is 0.601. The van der Waals surface area contributed by atoms with Gasteiger partial charge in [-0.25, -0.2) is 9.97 Å². The zero-order chi connectivity index (χ0) is 13.1. The van der Waals surface area contributed by atoms with Gasteiger partial charge in [0.25, 0.3) is 0 Å². The molecule has 18 heavy (non-hydrogen) atoms. The van der Waals surface area contributed by atoms with E-state index in [2.05, 4.69) is 48.0 Å². The first-order chi connectivity index (χ1) is 8.69. The summed E-state index contributed by atoms with van der Waals surface area (Å²) in [7, 11) is 2.15. The van der Waals surface area contributed by atoms with Crippen molar-refractivity contribution in [1.82, 2.24) is 9.97 Å². The summed E-state index contributed by atoms with van der Waals surface area (Å²) in [5.41, 5.74) is 1.23. The molecule has 0 saturated heterocycles. The van der Waals surface area contributed by atoms with Crippen LogP contribution in [0.2, 0.25) is 0 Å². The minimum absolute atomic E-state index is 0.569. The second-order valence-electron chi connectivity index (χ2n) is 5.10. The Morgan fingerprint density at radius 1 is 1.39 bits per heavy atom. The van der Waals surface area contributed by atoms with E-state index in [1.807, 2.05) is 0 Å². The lowest BCUT2D eigenvalue weighted by atomic mass is 10.1. The SMILES string of the molecule is CCNc1ncnc(N(C)C(C)C2CC2)c1CC. The lowest BCUT2D eigenvalue weighted by Crippen LogP contribution is -2.32. The number of rotatable bonds is 6. The van der Waals surface area contributed by atoms with Crippen LogP contribution in [0, 0.1) is 5.92 Å². The van der Waals surface area contributed by atoms with Gasteiger partial charge in [-0.05, 0) is 39.0 Å². The molecule has 1 unspecified atom stereocenters. The molecule has 4 nitrogen and oxygen atoms in total. The molecule has 1 heterocycles. The van der Waals surface area contributed by atoms with E-state index in [1.165, 1.54) is 18.4 Å². The van der Waals surface area contributed by atoms with E-state index in [1.54, 1.807) is 6.33 Å². The Kier molecular flexibility index (Phi) is 4.04. The van der Waals surface area contributed by atoms with Crippen molar-refractivity contribution in [1.29, 1.82) is 0 Å². The first kappa shape index (κ1) is 13.1. The summed E-state index contributed by atoms with van der Waals surface area (Å²) in [6.07, 6.45) is 5.35. The Bertz CT molecular complexity index is 401. The van der Waals surface area contributed by atoms with Crippen LogP contribution < -0.4 is 10.2 Å². The normalized spacial score (nSPS) is 16.4. The average molecular weight is 248 g/mol. The van der Waals surface area contributed by atoms with Crippen molar-refractivity contribution in [2.75, 3.05) is 23.8 Å². The highest BCUT2D eigenvalue weighted by molar-refractivity contribution is 5.59. The highest BCUT2D eigenvalue weighted by Gasteiger charge is 2.32. The molecule has 1 aromatic rings. The van der Waals surface area contributed by atoms with Crippen molar-refractivity contribution in [2.45, 2.75) is 46.1 Å². The van der Waals surface area contributed by atoms with Crippen molar-refractivity contribution in [3.63, 3.8) is 0 Å². The molecule has 2 rings (SSSR count). The van der Waals surface area contributed by atoms with Gasteiger partial charge in [0.05, 0.1) is 0 Å². The van der Waals surface area contributed by atoms with Crippen molar-refractivity contribution in [2.24, 2.45) is 5.92 Å². The molecular formula is C14H24N4. The third-order valence-corrected chi connectivity index (χ3v) is 3.87. The molecule has 1 aliphatic carbocycles. The van der Waals surface area contributed by atoms with Crippen LogP contribution in [-0.4, -0.2) is 29.6 Å². The summed E-state index contributed by atoms with van der Waals surface area (Å²) in [5, 5.41) is 3.33. The third-order valence-electron chi connectivity index (χ3n) is 3.87. The summed E-state index contributed by atoms with van der Waals surface area (Å²) in [5.74, 6) is 2.92. The molecule has 1 N–H and O–H groups in total. The van der Waals surface area contributed by atoms with Gasteiger partial charge in [-0.3, -0.25) is 0 Å². The molecule has 0 bridgehead atoms. The third kappa shape index (κ3) is 2.57. The zero-order valence-electron chi connectivity index (χ0n) is 11.9. The maximum Gasteiger partial charge on any atom is 0.137 e. The van der Waals surface area contributed by atoms with E-state index in [9.17, 15) is 0 Å². The molecule has 1 aromatic heterocycles. The maximum absolute atomic E-state index is 4.50. The van der Waals surface area contributed by atoms with E-state index in [0.29, 0.717) is 6.04 Å². The molecule has 1 fully saturated rings. The van der Waals surface area contributed by atoms with Crippen molar-refractivity contribution < 1.29 is 0 Å². The van der Waals surface area contributed by atoms with Gasteiger partial charge < -0.3 is 10.2 Å². The van der Waals surface area contributed by atoms with Crippen molar-refractivity contribution >= 4 is 11.6 Å². The van der Waals surface area contributed by atoms with Crippen LogP contribution in [0.25, 0.3) is 0 Å². The molecular weight excluding hydrogens is 224 g/mol. The second kappa shape index (κ2) is 5.55. The molecule has 0 aliphatic heterocycles. The number of hydrogen-bond acceptors (Lipinski definition) is 4. The van der Waals surface area contributed by atoms with Crippen LogP contribution in [0.1, 0.15) is 39.2 Å². The van der Waals surface area contributed by atoms with Crippen molar-refractivity contribution in [3.8, 4) is 0 Å². The van der Waals surface area contributed by atoms with E-state index in [0.717, 1.165) is 30.5 Å². The van der Waals surface area contributed by atoms with Gasteiger partial charge in [0.2, 0.25) is 0 Å². The number of nitrogens with one attached hydrogen (secondary N) is 1. The van der Waals surface area contributed by atoms with E-state index in [4.69, 9.17) is 0 Å². The van der Waals surface area contributed by atoms with Crippen LogP contribution in [0.15, 0.2) is 6.33 Å². The van der Waals surface area contributed by atoms with Gasteiger partial charge >= 0.3 is 0 Å². The van der Waals surface area contributed by atoms with Gasteiger partial charge in [0.1, 0.15) is 18.0 Å². The average Bonchev–Trinajstić information content (AvgIpc) is 3.21. The van der Waals surface area contributed by atoms with E-state index >= 15 is 0 Å². The zero-order valence-corrected chi connectivity index (χ0v) is 11.9. The first-order valence-corrected chi connectivity index (χ1v) is 6.99. The van der Waals surface area contributed by atoms with Crippen LogP contribution in [0.4, 0.5) is 11.6 Å². The summed E-state index contributed by atoms with van der Waals surface area (Å²) < 4.78 is 0. The molecule has 100 valence electrons. The maximum atomic E-state index is 4.50. The Hall–Kier alpha value is -1.32. The van der Waals surface area contributed by atoms with Crippen LogP contribution in [-0.2, 0) is 6.42 Å². The van der Waals surface area contributed by atoms with Gasteiger partial charge in [0.15, 0.2) is 0 Å². The number of anilines is 2. The van der Waals surface area contributed by atoms with Crippen LogP contribution in [0.5, 0.6) is 0 Å². The molecule has 0 aromatic carbocycles. The van der Waals surface area contributed by atoms with Crippen LogP contribution >= 0.6 is 0 Å². The quantitative estimate of drug-likeness (QED) is 0.840.